The molecular weight excluding hydrogens is 366 g/mol. The Balaban J connectivity index is 1.63. The molecule has 0 bridgehead atoms. The molecule has 3 rings (SSSR count). The molecule has 6 nitrogen and oxygen atoms in total. The lowest BCUT2D eigenvalue weighted by atomic mass is 10.2. The molecular formula is C23H25N3O3. The zero-order valence-corrected chi connectivity index (χ0v) is 16.8. The van der Waals surface area contributed by atoms with Crippen LogP contribution in [0.25, 0.3) is 0 Å². The molecule has 0 aliphatic heterocycles. The Morgan fingerprint density at radius 1 is 1.00 bits per heavy atom. The molecule has 2 aromatic carbocycles. The van der Waals surface area contributed by atoms with Crippen LogP contribution in [-0.4, -0.2) is 24.1 Å². The summed E-state index contributed by atoms with van der Waals surface area (Å²) in [4.78, 5) is 16.8. The highest BCUT2D eigenvalue weighted by Gasteiger charge is 2.12. The third-order valence-electron chi connectivity index (χ3n) is 4.17. The van der Waals surface area contributed by atoms with E-state index >= 15 is 0 Å². The largest absolute Gasteiger partial charge is 0.496 e. The molecule has 150 valence electrons. The fraction of sp³-hybridized carbons (Fsp3) is 0.217. The summed E-state index contributed by atoms with van der Waals surface area (Å²) < 4.78 is 11.1. The van der Waals surface area contributed by atoms with Crippen LogP contribution in [0.5, 0.6) is 11.5 Å². The van der Waals surface area contributed by atoms with Crippen molar-refractivity contribution in [2.24, 2.45) is 0 Å². The Bertz CT molecular complexity index is 956. The second-order valence-electron chi connectivity index (χ2n) is 6.71. The quantitative estimate of drug-likeness (QED) is 0.580. The van der Waals surface area contributed by atoms with Gasteiger partial charge in [-0.25, -0.2) is 4.98 Å². The van der Waals surface area contributed by atoms with E-state index in [4.69, 9.17) is 9.47 Å². The summed E-state index contributed by atoms with van der Waals surface area (Å²) in [6, 6.07) is 18.7. The molecule has 0 aliphatic carbocycles. The lowest BCUT2D eigenvalue weighted by Crippen LogP contribution is -2.15. The molecule has 1 aromatic heterocycles. The van der Waals surface area contributed by atoms with Gasteiger partial charge in [-0.3, -0.25) is 4.79 Å². The van der Waals surface area contributed by atoms with Gasteiger partial charge in [-0.2, -0.15) is 0 Å². The Morgan fingerprint density at radius 2 is 1.72 bits per heavy atom. The monoisotopic (exact) mass is 391 g/mol. The van der Waals surface area contributed by atoms with Crippen molar-refractivity contribution in [3.63, 3.8) is 0 Å². The minimum atomic E-state index is -0.291. The van der Waals surface area contributed by atoms with Gasteiger partial charge < -0.3 is 20.1 Å². The van der Waals surface area contributed by atoms with E-state index in [0.29, 0.717) is 23.7 Å². The third-order valence-corrected chi connectivity index (χ3v) is 4.17. The van der Waals surface area contributed by atoms with Gasteiger partial charge in [0.25, 0.3) is 5.91 Å². The number of hydrogen-bond acceptors (Lipinski definition) is 5. The highest BCUT2D eigenvalue weighted by molar-refractivity contribution is 6.03. The molecule has 29 heavy (non-hydrogen) atoms. The van der Waals surface area contributed by atoms with Crippen LogP contribution >= 0.6 is 0 Å². The summed E-state index contributed by atoms with van der Waals surface area (Å²) >= 11 is 0. The van der Waals surface area contributed by atoms with Crippen molar-refractivity contribution in [1.29, 1.82) is 0 Å². The number of anilines is 2. The number of para-hydroxylation sites is 3. The van der Waals surface area contributed by atoms with E-state index < -0.39 is 0 Å². The highest BCUT2D eigenvalue weighted by atomic mass is 16.5. The number of nitrogens with zero attached hydrogens (tertiary/aromatic N) is 1. The minimum absolute atomic E-state index is 0.0137. The van der Waals surface area contributed by atoms with Gasteiger partial charge in [-0.1, -0.05) is 30.3 Å². The molecule has 0 aliphatic rings. The average Bonchev–Trinajstić information content (AvgIpc) is 2.74. The normalized spacial score (nSPS) is 10.5. The van der Waals surface area contributed by atoms with Gasteiger partial charge in [-0.15, -0.1) is 0 Å². The van der Waals surface area contributed by atoms with E-state index in [0.717, 1.165) is 17.0 Å². The molecule has 0 fully saturated rings. The number of pyridine rings is 1. The predicted molar refractivity (Wildman–Crippen MR) is 115 cm³/mol. The molecule has 3 aromatic rings. The van der Waals surface area contributed by atoms with Crippen molar-refractivity contribution in [1.82, 2.24) is 4.98 Å². The van der Waals surface area contributed by atoms with Gasteiger partial charge in [0.1, 0.15) is 17.2 Å². The molecule has 0 spiro atoms. The summed E-state index contributed by atoms with van der Waals surface area (Å²) in [5.41, 5.74) is 2.80. The number of amides is 1. The van der Waals surface area contributed by atoms with Crippen LogP contribution in [0.2, 0.25) is 0 Å². The lowest BCUT2D eigenvalue weighted by molar-refractivity contribution is 0.102. The highest BCUT2D eigenvalue weighted by Crippen LogP contribution is 2.25. The van der Waals surface area contributed by atoms with Crippen LogP contribution in [0, 0.1) is 0 Å². The molecule has 0 radical (unpaired) electrons. The maximum Gasteiger partial charge on any atom is 0.274 e. The van der Waals surface area contributed by atoms with Gasteiger partial charge in [0.15, 0.2) is 0 Å². The molecule has 1 heterocycles. The number of rotatable bonds is 8. The van der Waals surface area contributed by atoms with Crippen molar-refractivity contribution in [2.45, 2.75) is 26.5 Å². The SMILES string of the molecule is COc1ccccc1CNc1ccc(C(=O)Nc2ccccc2OC(C)C)nc1. The number of nitrogens with one attached hydrogen (secondary N) is 2. The van der Waals surface area contributed by atoms with Crippen LogP contribution in [0.15, 0.2) is 66.9 Å². The van der Waals surface area contributed by atoms with Crippen LogP contribution in [0.3, 0.4) is 0 Å². The van der Waals surface area contributed by atoms with Crippen LogP contribution in [0.1, 0.15) is 29.9 Å². The van der Waals surface area contributed by atoms with Gasteiger partial charge >= 0.3 is 0 Å². The zero-order valence-electron chi connectivity index (χ0n) is 16.8. The topological polar surface area (TPSA) is 72.5 Å². The maximum atomic E-state index is 12.6. The first-order valence-corrected chi connectivity index (χ1v) is 9.45. The van der Waals surface area contributed by atoms with Crippen molar-refractivity contribution in [3.05, 3.63) is 78.1 Å². The fourth-order valence-corrected chi connectivity index (χ4v) is 2.79. The Hall–Kier alpha value is -3.54. The second-order valence-corrected chi connectivity index (χ2v) is 6.71. The smallest absolute Gasteiger partial charge is 0.274 e. The number of ether oxygens (including phenoxy) is 2. The Kier molecular flexibility index (Phi) is 6.68. The summed E-state index contributed by atoms with van der Waals surface area (Å²) in [7, 11) is 1.65. The van der Waals surface area contributed by atoms with Crippen molar-refractivity contribution in [2.75, 3.05) is 17.7 Å². The molecule has 2 N–H and O–H groups in total. The summed E-state index contributed by atoms with van der Waals surface area (Å²) in [5, 5.41) is 6.15. The maximum absolute atomic E-state index is 12.6. The van der Waals surface area contributed by atoms with E-state index in [9.17, 15) is 4.79 Å². The molecule has 1 amide bonds. The standard InChI is InChI=1S/C23H25N3O3/c1-16(2)29-22-11-7-5-9-19(22)26-23(27)20-13-12-18(15-25-20)24-14-17-8-4-6-10-21(17)28-3/h4-13,15-16,24H,14H2,1-3H3,(H,26,27). The van der Waals surface area contributed by atoms with E-state index in [1.54, 1.807) is 25.4 Å². The van der Waals surface area contributed by atoms with Gasteiger partial charge in [-0.05, 0) is 44.2 Å². The molecule has 0 saturated heterocycles. The predicted octanol–water partition coefficient (Wildman–Crippen LogP) is 4.74. The van der Waals surface area contributed by atoms with E-state index in [1.807, 2.05) is 62.4 Å². The minimum Gasteiger partial charge on any atom is -0.496 e. The zero-order chi connectivity index (χ0) is 20.6. The number of carbonyl (C=O) groups is 1. The summed E-state index contributed by atoms with van der Waals surface area (Å²) in [6.45, 7) is 4.48. The second kappa shape index (κ2) is 9.59. The molecule has 6 heteroatoms. The number of carbonyl (C=O) groups excluding carboxylic acids is 1. The molecule has 0 unspecified atom stereocenters. The molecule has 0 saturated carbocycles. The molecule has 0 atom stereocenters. The van der Waals surface area contributed by atoms with Crippen molar-refractivity contribution in [3.8, 4) is 11.5 Å². The van der Waals surface area contributed by atoms with Crippen molar-refractivity contribution < 1.29 is 14.3 Å². The number of aromatic nitrogens is 1. The summed E-state index contributed by atoms with van der Waals surface area (Å²) in [6.07, 6.45) is 1.65. The van der Waals surface area contributed by atoms with E-state index in [1.165, 1.54) is 0 Å². The fourth-order valence-electron chi connectivity index (χ4n) is 2.79. The number of hydrogen-bond donors (Lipinski definition) is 2. The number of methoxy groups -OCH3 is 1. The first-order valence-electron chi connectivity index (χ1n) is 9.45. The van der Waals surface area contributed by atoms with Crippen LogP contribution < -0.4 is 20.1 Å². The lowest BCUT2D eigenvalue weighted by Gasteiger charge is -2.14. The summed E-state index contributed by atoms with van der Waals surface area (Å²) in [5.74, 6) is 1.17. The Morgan fingerprint density at radius 3 is 2.41 bits per heavy atom. The van der Waals surface area contributed by atoms with Gasteiger partial charge in [0, 0.05) is 12.1 Å². The van der Waals surface area contributed by atoms with E-state index in [-0.39, 0.29) is 12.0 Å². The van der Waals surface area contributed by atoms with Gasteiger partial charge in [0.05, 0.1) is 30.8 Å². The van der Waals surface area contributed by atoms with Gasteiger partial charge in [0.2, 0.25) is 0 Å². The Labute approximate surface area is 170 Å². The van der Waals surface area contributed by atoms with Crippen LogP contribution in [0.4, 0.5) is 11.4 Å². The van der Waals surface area contributed by atoms with Crippen molar-refractivity contribution >= 4 is 17.3 Å². The number of benzene rings is 2. The van der Waals surface area contributed by atoms with E-state index in [2.05, 4.69) is 15.6 Å². The first-order chi connectivity index (χ1) is 14.1. The first kappa shape index (κ1) is 20.2. The average molecular weight is 391 g/mol. The third kappa shape index (κ3) is 5.48. The van der Waals surface area contributed by atoms with Crippen LogP contribution in [-0.2, 0) is 6.54 Å².